The van der Waals surface area contributed by atoms with Crippen LogP contribution < -0.4 is 0 Å². The van der Waals surface area contributed by atoms with Gasteiger partial charge in [-0.1, -0.05) is 13.3 Å². The molecular weight excluding hydrogens is 280 g/mol. The van der Waals surface area contributed by atoms with E-state index in [2.05, 4.69) is 4.89 Å². The Morgan fingerprint density at radius 2 is 1.40 bits per heavy atom. The summed E-state index contributed by atoms with van der Waals surface area (Å²) in [5.41, 5.74) is -0.384. The third kappa shape index (κ3) is 44.0. The number of rotatable bonds is 5. The molecule has 0 bridgehead atoms. The molecule has 122 valence electrons. The van der Waals surface area contributed by atoms with Crippen molar-refractivity contribution in [2.75, 3.05) is 0 Å². The Labute approximate surface area is 116 Å². The van der Waals surface area contributed by atoms with Crippen molar-refractivity contribution in [1.82, 2.24) is 0 Å². The van der Waals surface area contributed by atoms with Crippen LogP contribution in [-0.2, 0) is 14.7 Å². The lowest BCUT2D eigenvalue weighted by molar-refractivity contribution is -0.471. The van der Waals surface area contributed by atoms with Gasteiger partial charge < -0.3 is 20.4 Å². The van der Waals surface area contributed by atoms with Crippen LogP contribution in [0.15, 0.2) is 0 Å². The van der Waals surface area contributed by atoms with E-state index in [0.29, 0.717) is 6.42 Å². The molecule has 0 aliphatic rings. The Morgan fingerprint density at radius 1 is 1.05 bits per heavy atom. The lowest BCUT2D eigenvalue weighted by Gasteiger charge is -2.20. The summed E-state index contributed by atoms with van der Waals surface area (Å²) in [7, 11) is 0. The van der Waals surface area contributed by atoms with E-state index in [4.69, 9.17) is 45.0 Å². The maximum Gasteiger partial charge on any atom is 0.503 e. The van der Waals surface area contributed by atoms with E-state index in [1.54, 1.807) is 0 Å². The van der Waals surface area contributed by atoms with E-state index >= 15 is 0 Å². The van der Waals surface area contributed by atoms with Crippen molar-refractivity contribution in [3.05, 3.63) is 0 Å². The molecule has 1 unspecified atom stereocenters. The van der Waals surface area contributed by atoms with Gasteiger partial charge in [0, 0.05) is 6.42 Å². The molecule has 0 rings (SSSR count). The second-order valence-electron chi connectivity index (χ2n) is 4.18. The summed E-state index contributed by atoms with van der Waals surface area (Å²) in [5, 5.41) is 36.2. The van der Waals surface area contributed by atoms with Gasteiger partial charge in [-0.05, 0) is 20.8 Å². The minimum Gasteiger partial charge on any atom is -0.450 e. The van der Waals surface area contributed by atoms with Crippen LogP contribution in [0.4, 0.5) is 9.59 Å². The first-order valence-electron chi connectivity index (χ1n) is 5.44. The van der Waals surface area contributed by atoms with Crippen LogP contribution >= 0.6 is 0 Å². The number of hydrogen-bond acceptors (Lipinski definition) is 6. The molecule has 10 heteroatoms. The van der Waals surface area contributed by atoms with Crippen LogP contribution in [0.25, 0.3) is 0 Å². The van der Waals surface area contributed by atoms with Crippen LogP contribution in [0, 0.1) is 0 Å². The Kier molecular flexibility index (Phi) is 16.2. The highest BCUT2D eigenvalue weighted by molar-refractivity contribution is 5.53. The average Bonchev–Trinajstić information content (AvgIpc) is 2.21. The zero-order valence-electron chi connectivity index (χ0n) is 11.8. The van der Waals surface area contributed by atoms with Gasteiger partial charge in [-0.2, -0.15) is 0 Å². The van der Waals surface area contributed by atoms with Crippen molar-refractivity contribution in [2.45, 2.75) is 52.4 Å². The Balaban J connectivity index is -0.000000297. The molecule has 0 heterocycles. The van der Waals surface area contributed by atoms with Crippen molar-refractivity contribution in [2.24, 2.45) is 0 Å². The highest BCUT2D eigenvalue weighted by atomic mass is 17.3. The summed E-state index contributed by atoms with van der Waals surface area (Å²) >= 11 is 0. The van der Waals surface area contributed by atoms with Gasteiger partial charge in [-0.25, -0.2) is 29.5 Å². The standard InChI is InChI=1S/C8H18O4.2CH2O3/c1-5-6-7(10-9)11-12-8(2,3)4;2*2-1(3)4/h7,9H,5-6H2,1-4H3;2*(H2,2,3,4). The molecule has 0 fully saturated rings. The minimum atomic E-state index is -1.83. The van der Waals surface area contributed by atoms with Crippen molar-refractivity contribution in [3.63, 3.8) is 0 Å². The van der Waals surface area contributed by atoms with E-state index in [1.807, 2.05) is 27.7 Å². The summed E-state index contributed by atoms with van der Waals surface area (Å²) in [4.78, 5) is 30.9. The fourth-order valence-corrected chi connectivity index (χ4v) is 0.552. The van der Waals surface area contributed by atoms with Gasteiger partial charge in [0.1, 0.15) is 0 Å². The van der Waals surface area contributed by atoms with Gasteiger partial charge in [0.15, 0.2) is 0 Å². The monoisotopic (exact) mass is 302 g/mol. The van der Waals surface area contributed by atoms with Crippen molar-refractivity contribution in [3.8, 4) is 0 Å². The van der Waals surface area contributed by atoms with Crippen molar-refractivity contribution in [1.29, 1.82) is 0 Å². The van der Waals surface area contributed by atoms with Crippen LogP contribution in [0.3, 0.4) is 0 Å². The molecule has 0 amide bonds. The molecular formula is C10H22O10. The van der Waals surface area contributed by atoms with Gasteiger partial charge in [0.25, 0.3) is 0 Å². The Bertz CT molecular complexity index is 227. The highest BCUT2D eigenvalue weighted by Gasteiger charge is 2.16. The molecule has 10 nitrogen and oxygen atoms in total. The second-order valence-corrected chi connectivity index (χ2v) is 4.18. The van der Waals surface area contributed by atoms with E-state index in [-0.39, 0.29) is 5.60 Å². The summed E-state index contributed by atoms with van der Waals surface area (Å²) in [6, 6.07) is 0. The molecule has 0 radical (unpaired) electrons. The molecule has 0 aromatic heterocycles. The molecule has 0 aliphatic heterocycles. The predicted octanol–water partition coefficient (Wildman–Crippen LogP) is 2.79. The van der Waals surface area contributed by atoms with Gasteiger partial charge in [0.2, 0.25) is 6.29 Å². The van der Waals surface area contributed by atoms with Gasteiger partial charge in [-0.15, -0.1) is 0 Å². The van der Waals surface area contributed by atoms with Gasteiger partial charge in [0.05, 0.1) is 5.60 Å². The third-order valence-electron chi connectivity index (χ3n) is 1.05. The summed E-state index contributed by atoms with van der Waals surface area (Å²) < 4.78 is 0. The van der Waals surface area contributed by atoms with Crippen LogP contribution in [0.1, 0.15) is 40.5 Å². The summed E-state index contributed by atoms with van der Waals surface area (Å²) in [5.74, 6) is 0. The number of hydrogen-bond donors (Lipinski definition) is 5. The van der Waals surface area contributed by atoms with Gasteiger partial charge >= 0.3 is 12.3 Å². The zero-order valence-corrected chi connectivity index (χ0v) is 11.8. The first kappa shape index (κ1) is 23.5. The SMILES string of the molecule is CCCC(OO)OOC(C)(C)C.O=C(O)O.O=C(O)O. The first-order chi connectivity index (χ1) is 8.96. The molecule has 0 aromatic carbocycles. The molecule has 0 aromatic rings. The van der Waals surface area contributed by atoms with E-state index in [0.717, 1.165) is 6.42 Å². The minimum absolute atomic E-state index is 0.384. The van der Waals surface area contributed by atoms with E-state index in [1.165, 1.54) is 0 Å². The topological polar surface area (TPSA) is 163 Å². The predicted molar refractivity (Wildman–Crippen MR) is 65.6 cm³/mol. The molecule has 20 heavy (non-hydrogen) atoms. The average molecular weight is 302 g/mol. The molecule has 0 spiro atoms. The Hall–Kier alpha value is -1.62. The number of carbonyl (C=O) groups is 2. The molecule has 5 N–H and O–H groups in total. The highest BCUT2D eigenvalue weighted by Crippen LogP contribution is 2.11. The van der Waals surface area contributed by atoms with Crippen LogP contribution in [0.2, 0.25) is 0 Å². The second kappa shape index (κ2) is 13.8. The maximum atomic E-state index is 8.56. The first-order valence-corrected chi connectivity index (χ1v) is 5.44. The smallest absolute Gasteiger partial charge is 0.450 e. The largest absolute Gasteiger partial charge is 0.503 e. The normalized spacial score (nSPS) is 11.2. The molecule has 0 saturated carbocycles. The zero-order chi connectivity index (χ0) is 16.8. The third-order valence-corrected chi connectivity index (χ3v) is 1.05. The lowest BCUT2D eigenvalue weighted by atomic mass is 10.2. The lowest BCUT2D eigenvalue weighted by Crippen LogP contribution is -2.25. The quantitative estimate of drug-likeness (QED) is 0.290. The van der Waals surface area contributed by atoms with E-state index in [9.17, 15) is 0 Å². The molecule has 0 aliphatic carbocycles. The Morgan fingerprint density at radius 3 is 1.60 bits per heavy atom. The molecule has 1 atom stereocenters. The van der Waals surface area contributed by atoms with Gasteiger partial charge in [-0.3, -0.25) is 0 Å². The fraction of sp³-hybridized carbons (Fsp3) is 0.800. The summed E-state index contributed by atoms with van der Waals surface area (Å²) in [6.07, 6.45) is -2.89. The van der Waals surface area contributed by atoms with Crippen LogP contribution in [-0.4, -0.2) is 49.9 Å². The van der Waals surface area contributed by atoms with E-state index < -0.39 is 18.6 Å². The fourth-order valence-electron chi connectivity index (χ4n) is 0.552. The van der Waals surface area contributed by atoms with Crippen molar-refractivity contribution < 1.29 is 49.9 Å². The van der Waals surface area contributed by atoms with Crippen molar-refractivity contribution >= 4 is 12.3 Å². The maximum absolute atomic E-state index is 8.56. The summed E-state index contributed by atoms with van der Waals surface area (Å²) in [6.45, 7) is 7.53. The molecule has 0 saturated heterocycles. The number of carboxylic acid groups (broad SMARTS) is 4. The van der Waals surface area contributed by atoms with Crippen LogP contribution in [0.5, 0.6) is 0 Å².